The van der Waals surface area contributed by atoms with Gasteiger partial charge in [-0.2, -0.15) is 13.2 Å². The number of carbonyl (C=O) groups excluding carboxylic acids is 3. The van der Waals surface area contributed by atoms with Gasteiger partial charge in [-0.1, -0.05) is 19.8 Å². The lowest BCUT2D eigenvalue weighted by Gasteiger charge is -2.32. The lowest BCUT2D eigenvalue weighted by atomic mass is 9.79. The molecule has 37 heavy (non-hydrogen) atoms. The molecule has 1 unspecified atom stereocenters. The molecule has 9 nitrogen and oxygen atoms in total. The minimum absolute atomic E-state index is 0.0615. The molecular weight excluding hydrogens is 498 g/mol. The number of carbonyl (C=O) groups is 3. The highest BCUT2D eigenvalue weighted by atomic mass is 19.4. The van der Waals surface area contributed by atoms with Crippen LogP contribution in [0.5, 0.6) is 0 Å². The van der Waals surface area contributed by atoms with Crippen LogP contribution in [-0.2, 0) is 16.1 Å². The predicted octanol–water partition coefficient (Wildman–Crippen LogP) is 4.33. The number of anilines is 1. The summed E-state index contributed by atoms with van der Waals surface area (Å²) in [6.07, 6.45) is -1.37. The van der Waals surface area contributed by atoms with Crippen LogP contribution in [0.4, 0.5) is 33.0 Å². The van der Waals surface area contributed by atoms with Crippen molar-refractivity contribution in [3.05, 3.63) is 23.6 Å². The quantitative estimate of drug-likeness (QED) is 0.473. The monoisotopic (exact) mass is 531 g/mol. The van der Waals surface area contributed by atoms with E-state index in [2.05, 4.69) is 22.5 Å². The molecule has 3 rings (SSSR count). The van der Waals surface area contributed by atoms with Crippen LogP contribution in [0.15, 0.2) is 12.3 Å². The van der Waals surface area contributed by atoms with E-state index in [4.69, 9.17) is 4.74 Å². The highest BCUT2D eigenvalue weighted by Gasteiger charge is 2.47. The van der Waals surface area contributed by atoms with Crippen molar-refractivity contribution in [1.82, 2.24) is 20.5 Å². The molecule has 2 heterocycles. The second kappa shape index (κ2) is 11.1. The van der Waals surface area contributed by atoms with Crippen molar-refractivity contribution >= 4 is 23.8 Å². The second-order valence-corrected chi connectivity index (χ2v) is 10.7. The Morgan fingerprint density at radius 2 is 1.86 bits per heavy atom. The molecule has 1 aromatic heterocycles. The first-order chi connectivity index (χ1) is 17.1. The highest BCUT2D eigenvalue weighted by molar-refractivity contribution is 5.96. The minimum atomic E-state index is -4.63. The van der Waals surface area contributed by atoms with Gasteiger partial charge in [0, 0.05) is 5.56 Å². The number of hydrogen-bond donors (Lipinski definition) is 3. The maximum absolute atomic E-state index is 14.4. The number of ether oxygens (including phenoxy) is 1. The van der Waals surface area contributed by atoms with Crippen LogP contribution in [-0.4, -0.2) is 58.3 Å². The molecule has 3 N–H and O–H groups in total. The number of rotatable bonds is 6. The Morgan fingerprint density at radius 3 is 2.43 bits per heavy atom. The van der Waals surface area contributed by atoms with E-state index >= 15 is 0 Å². The number of alkyl halides is 3. The van der Waals surface area contributed by atoms with Crippen molar-refractivity contribution in [2.24, 2.45) is 11.8 Å². The van der Waals surface area contributed by atoms with Gasteiger partial charge >= 0.3 is 18.3 Å². The van der Waals surface area contributed by atoms with Gasteiger partial charge in [0.25, 0.3) is 0 Å². The maximum atomic E-state index is 14.4. The molecule has 0 radical (unpaired) electrons. The predicted molar refractivity (Wildman–Crippen MR) is 126 cm³/mol. The SMILES string of the molecule is CC1CCC(C(NC(=O)OC(C)(C)C)C(=O)Nc2cc(CN3C[C@@H](C(F)(F)F)NC3=O)c(F)cn2)CC1. The Balaban J connectivity index is 1.73. The van der Waals surface area contributed by atoms with Crippen molar-refractivity contribution < 1.29 is 36.7 Å². The molecule has 13 heteroatoms. The Morgan fingerprint density at radius 1 is 1.22 bits per heavy atom. The van der Waals surface area contributed by atoms with E-state index < -0.39 is 60.8 Å². The van der Waals surface area contributed by atoms with E-state index in [1.807, 2.05) is 5.32 Å². The van der Waals surface area contributed by atoms with Gasteiger partial charge in [0.15, 0.2) is 0 Å². The number of aromatic nitrogens is 1. The lowest BCUT2D eigenvalue weighted by molar-refractivity contribution is -0.149. The van der Waals surface area contributed by atoms with E-state index in [1.165, 1.54) is 0 Å². The maximum Gasteiger partial charge on any atom is 0.410 e. The number of nitrogens with zero attached hydrogens (tertiary/aromatic N) is 2. The van der Waals surface area contributed by atoms with E-state index in [9.17, 15) is 31.9 Å². The lowest BCUT2D eigenvalue weighted by Crippen LogP contribution is -2.50. The van der Waals surface area contributed by atoms with E-state index in [1.54, 1.807) is 20.8 Å². The fraction of sp³-hybridized carbons (Fsp3) is 0.667. The molecule has 0 aromatic carbocycles. The van der Waals surface area contributed by atoms with Gasteiger partial charge in [0.05, 0.1) is 19.3 Å². The molecule has 0 bridgehead atoms. The number of nitrogens with one attached hydrogen (secondary N) is 3. The molecule has 206 valence electrons. The zero-order valence-corrected chi connectivity index (χ0v) is 21.2. The summed E-state index contributed by atoms with van der Waals surface area (Å²) in [5, 5.41) is 7.04. The average Bonchev–Trinajstić information content (AvgIpc) is 3.14. The summed E-state index contributed by atoms with van der Waals surface area (Å²) in [4.78, 5) is 42.3. The largest absolute Gasteiger partial charge is 0.444 e. The van der Waals surface area contributed by atoms with Gasteiger partial charge in [-0.3, -0.25) is 4.79 Å². The molecule has 2 atom stereocenters. The van der Waals surface area contributed by atoms with E-state index in [0.29, 0.717) is 18.8 Å². The zero-order chi connectivity index (χ0) is 27.5. The average molecular weight is 532 g/mol. The van der Waals surface area contributed by atoms with Crippen molar-refractivity contribution in [2.75, 3.05) is 11.9 Å². The van der Waals surface area contributed by atoms with Crippen LogP contribution in [0.3, 0.4) is 0 Å². The normalized spacial score (nSPS) is 23.3. The van der Waals surface area contributed by atoms with Crippen LogP contribution in [0, 0.1) is 17.7 Å². The van der Waals surface area contributed by atoms with Crippen LogP contribution >= 0.6 is 0 Å². The molecule has 1 aliphatic carbocycles. The van der Waals surface area contributed by atoms with E-state index in [0.717, 1.165) is 30.0 Å². The Kier molecular flexibility index (Phi) is 8.53. The van der Waals surface area contributed by atoms with Gasteiger partial charge < -0.3 is 25.6 Å². The molecule has 1 saturated carbocycles. The number of hydrogen-bond acceptors (Lipinski definition) is 5. The summed E-state index contributed by atoms with van der Waals surface area (Å²) in [7, 11) is 0. The smallest absolute Gasteiger partial charge is 0.410 e. The molecule has 1 aliphatic heterocycles. The molecule has 4 amide bonds. The molecule has 1 aromatic rings. The van der Waals surface area contributed by atoms with Crippen molar-refractivity contribution in [3.8, 4) is 0 Å². The number of halogens is 4. The topological polar surface area (TPSA) is 113 Å². The Bertz CT molecular complexity index is 1010. The van der Waals surface area contributed by atoms with Crippen LogP contribution in [0.25, 0.3) is 0 Å². The molecule has 2 aliphatic rings. The van der Waals surface area contributed by atoms with Gasteiger partial charge in [0.2, 0.25) is 5.91 Å². The summed E-state index contributed by atoms with van der Waals surface area (Å²) in [5.41, 5.74) is -0.890. The van der Waals surface area contributed by atoms with E-state index in [-0.39, 0.29) is 17.3 Å². The number of amides is 4. The number of urea groups is 1. The zero-order valence-electron chi connectivity index (χ0n) is 21.2. The molecule has 0 spiro atoms. The fourth-order valence-electron chi connectivity index (χ4n) is 4.44. The summed E-state index contributed by atoms with van der Waals surface area (Å²) in [5.74, 6) is -1.13. The van der Waals surface area contributed by atoms with Crippen LogP contribution in [0.2, 0.25) is 0 Å². The second-order valence-electron chi connectivity index (χ2n) is 10.7. The van der Waals surface area contributed by atoms with Crippen molar-refractivity contribution in [2.45, 2.75) is 83.8 Å². The molecule has 1 saturated heterocycles. The first-order valence-corrected chi connectivity index (χ1v) is 12.2. The van der Waals surface area contributed by atoms with Crippen molar-refractivity contribution in [1.29, 1.82) is 0 Å². The van der Waals surface area contributed by atoms with Gasteiger partial charge in [-0.15, -0.1) is 0 Å². The summed E-state index contributed by atoms with van der Waals surface area (Å²) < 4.78 is 58.6. The first-order valence-electron chi connectivity index (χ1n) is 12.2. The fourth-order valence-corrected chi connectivity index (χ4v) is 4.44. The highest BCUT2D eigenvalue weighted by Crippen LogP contribution is 2.31. The third-order valence-electron chi connectivity index (χ3n) is 6.42. The third-order valence-corrected chi connectivity index (χ3v) is 6.42. The van der Waals surface area contributed by atoms with Gasteiger partial charge in [0.1, 0.15) is 29.3 Å². The minimum Gasteiger partial charge on any atom is -0.444 e. The number of alkyl carbamates (subject to hydrolysis) is 1. The number of pyridine rings is 1. The van der Waals surface area contributed by atoms with Crippen LogP contribution < -0.4 is 16.0 Å². The van der Waals surface area contributed by atoms with Crippen molar-refractivity contribution in [3.63, 3.8) is 0 Å². The summed E-state index contributed by atoms with van der Waals surface area (Å²) in [6, 6.07) is -2.80. The third kappa shape index (κ3) is 7.93. The standard InChI is InChI=1S/C24H33F4N5O4/c1-13-5-7-14(8-6-13)19(32-22(36)37-23(2,3)4)20(34)31-18-9-15(16(25)10-29-18)11-33-12-17(24(26,27)28)30-21(33)35/h9-10,13-14,17,19H,5-8,11-12H2,1-4H3,(H,30,35)(H,32,36)(H,29,31,34)/t13?,14?,17-,19?/m0/s1. The Hall–Kier alpha value is -3.12. The summed E-state index contributed by atoms with van der Waals surface area (Å²) in [6.45, 7) is 6.10. The van der Waals surface area contributed by atoms with Crippen LogP contribution in [0.1, 0.15) is 58.9 Å². The first kappa shape index (κ1) is 28.5. The summed E-state index contributed by atoms with van der Waals surface area (Å²) >= 11 is 0. The van der Waals surface area contributed by atoms with Gasteiger partial charge in [-0.05, 0) is 51.5 Å². The molecule has 2 fully saturated rings. The molecular formula is C24H33F4N5O4. The Labute approximate surface area is 212 Å². The van der Waals surface area contributed by atoms with Gasteiger partial charge in [-0.25, -0.2) is 19.0 Å².